The molecule has 0 aliphatic heterocycles. The third-order valence-electron chi connectivity index (χ3n) is 6.36. The van der Waals surface area contributed by atoms with Crippen molar-refractivity contribution in [3.8, 4) is 0 Å². The standard InChI is InChI=1S/C24H26N12O12S6/c25-19-17(35-33-13-9-11(51(37,38)39)3-5-15(13)53(43,44)45)20(26)30-23(29-19)49-7-1-2-8-50-24-31-21(27)18(22(28)32-24)36-34-14-10-12(52(40,41)42)4-6-16(14)54(46,47)48/h3-6,9-10H,1-2,7-8H2,(H,37,38,39)(H,40,41,42)(H,43,44,45)(H,46,47,48)(H4,25,26,29,30)(H4,27,28,31,32)/b35-33+,36-34+. The lowest BCUT2D eigenvalue weighted by Crippen LogP contribution is -2.03. The van der Waals surface area contributed by atoms with Crippen molar-refractivity contribution >= 4 is 110 Å². The lowest BCUT2D eigenvalue weighted by molar-refractivity contribution is 0.478. The van der Waals surface area contributed by atoms with Gasteiger partial charge in [0.25, 0.3) is 40.5 Å². The van der Waals surface area contributed by atoms with Gasteiger partial charge in [-0.1, -0.05) is 23.5 Å². The minimum Gasteiger partial charge on any atom is -0.382 e. The maximum absolute atomic E-state index is 11.7. The monoisotopic (exact) mass is 866 g/mol. The molecule has 0 amide bonds. The van der Waals surface area contributed by atoms with Crippen LogP contribution in [0, 0.1) is 0 Å². The molecule has 0 fully saturated rings. The van der Waals surface area contributed by atoms with E-state index in [2.05, 4.69) is 40.4 Å². The molecule has 2 aromatic heterocycles. The molecule has 2 heterocycles. The summed E-state index contributed by atoms with van der Waals surface area (Å²) in [6.07, 6.45) is 1.22. The van der Waals surface area contributed by atoms with Gasteiger partial charge in [-0.05, 0) is 49.2 Å². The van der Waals surface area contributed by atoms with Gasteiger partial charge >= 0.3 is 0 Å². The first-order valence-corrected chi connectivity index (χ1v) is 21.8. The molecule has 12 N–H and O–H groups in total. The molecular formula is C24H26N12O12S6. The quantitative estimate of drug-likeness (QED) is 0.0280. The molecule has 24 nitrogen and oxygen atoms in total. The Hall–Kier alpha value is -4.66. The molecule has 0 aliphatic carbocycles. The van der Waals surface area contributed by atoms with E-state index in [0.29, 0.717) is 48.6 Å². The molecule has 0 saturated carbocycles. The molecule has 0 aliphatic rings. The second-order valence-corrected chi connectivity index (χ2v) is 18.0. The molecule has 0 spiro atoms. The van der Waals surface area contributed by atoms with Crippen molar-refractivity contribution in [1.29, 1.82) is 0 Å². The predicted molar refractivity (Wildman–Crippen MR) is 193 cm³/mol. The highest BCUT2D eigenvalue weighted by Gasteiger charge is 2.22. The number of benzene rings is 2. The molecule has 0 radical (unpaired) electrons. The van der Waals surface area contributed by atoms with Crippen LogP contribution in [-0.2, 0) is 40.5 Å². The Morgan fingerprint density at radius 1 is 0.500 bits per heavy atom. The SMILES string of the molecule is Nc1nc(SCCCCSc2nc(N)c(/N=N/c3cc(S(=O)(=O)O)ccc3S(=O)(=O)O)c(N)n2)nc(N)c1/N=N/c1cc(S(=O)(=O)O)ccc1S(=O)(=O)O. The molecule has 0 saturated heterocycles. The molecule has 54 heavy (non-hydrogen) atoms. The fourth-order valence-corrected chi connectivity index (χ4v) is 7.84. The van der Waals surface area contributed by atoms with E-state index in [4.69, 9.17) is 22.9 Å². The van der Waals surface area contributed by atoms with Gasteiger partial charge in [0.2, 0.25) is 0 Å². The van der Waals surface area contributed by atoms with Gasteiger partial charge in [-0.3, -0.25) is 18.2 Å². The first kappa shape index (κ1) is 42.1. The lowest BCUT2D eigenvalue weighted by atomic mass is 10.3. The van der Waals surface area contributed by atoms with Gasteiger partial charge in [0.1, 0.15) is 21.2 Å². The normalized spacial score (nSPS) is 12.9. The van der Waals surface area contributed by atoms with Gasteiger partial charge in [-0.2, -0.15) is 33.7 Å². The summed E-state index contributed by atoms with van der Waals surface area (Å²) < 4.78 is 130. The van der Waals surface area contributed by atoms with Crippen molar-refractivity contribution in [3.63, 3.8) is 0 Å². The third-order valence-corrected chi connectivity index (χ3v) is 11.7. The van der Waals surface area contributed by atoms with Gasteiger partial charge in [-0.15, -0.1) is 20.5 Å². The number of hydrogen-bond donors (Lipinski definition) is 8. The second-order valence-electron chi connectivity index (χ2n) is 10.2. The summed E-state index contributed by atoms with van der Waals surface area (Å²) >= 11 is 2.36. The first-order chi connectivity index (χ1) is 24.9. The van der Waals surface area contributed by atoms with E-state index in [1.807, 2.05) is 0 Å². The van der Waals surface area contributed by atoms with Crippen molar-refractivity contribution in [2.45, 2.75) is 42.7 Å². The number of aromatic nitrogens is 4. The summed E-state index contributed by atoms with van der Waals surface area (Å²) in [5.74, 6) is -0.0763. The highest BCUT2D eigenvalue weighted by Crippen LogP contribution is 2.35. The average Bonchev–Trinajstić information content (AvgIpc) is 3.03. The number of nitrogen functional groups attached to an aromatic ring is 4. The van der Waals surface area contributed by atoms with Crippen LogP contribution >= 0.6 is 23.5 Å². The van der Waals surface area contributed by atoms with Gasteiger partial charge in [0.05, 0.1) is 9.79 Å². The molecule has 0 atom stereocenters. The van der Waals surface area contributed by atoms with Crippen molar-refractivity contribution in [3.05, 3.63) is 36.4 Å². The van der Waals surface area contributed by atoms with Crippen LogP contribution in [0.2, 0.25) is 0 Å². The fraction of sp³-hybridized carbons (Fsp3) is 0.167. The van der Waals surface area contributed by atoms with Crippen molar-refractivity contribution in [1.82, 2.24) is 19.9 Å². The lowest BCUT2D eigenvalue weighted by Gasteiger charge is -2.08. The van der Waals surface area contributed by atoms with E-state index in [0.717, 1.165) is 12.1 Å². The van der Waals surface area contributed by atoms with E-state index in [-0.39, 0.29) is 45.0 Å². The Morgan fingerprint density at radius 2 is 0.815 bits per heavy atom. The van der Waals surface area contributed by atoms with Crippen LogP contribution in [0.1, 0.15) is 12.8 Å². The number of rotatable bonds is 15. The van der Waals surface area contributed by atoms with Crippen molar-refractivity contribution in [2.75, 3.05) is 34.4 Å². The zero-order valence-electron chi connectivity index (χ0n) is 26.7. The van der Waals surface area contributed by atoms with Crippen LogP contribution in [0.5, 0.6) is 0 Å². The third kappa shape index (κ3) is 11.0. The molecule has 4 aromatic rings. The number of thioether (sulfide) groups is 2. The molecule has 290 valence electrons. The molecular weight excluding hydrogens is 841 g/mol. The minimum absolute atomic E-state index is 0.158. The molecule has 30 heteroatoms. The smallest absolute Gasteiger partial charge is 0.296 e. The Kier molecular flexibility index (Phi) is 12.8. The summed E-state index contributed by atoms with van der Waals surface area (Å²) in [6.45, 7) is 0. The highest BCUT2D eigenvalue weighted by molar-refractivity contribution is 7.99. The second kappa shape index (κ2) is 16.4. The van der Waals surface area contributed by atoms with Crippen LogP contribution in [0.15, 0.2) is 86.8 Å². The number of anilines is 4. The number of nitrogens with two attached hydrogens (primary N) is 4. The van der Waals surface area contributed by atoms with Crippen molar-refractivity contribution in [2.24, 2.45) is 20.5 Å². The van der Waals surface area contributed by atoms with Gasteiger partial charge in [-0.25, -0.2) is 19.9 Å². The molecule has 0 bridgehead atoms. The topological polar surface area (TPSA) is 423 Å². The van der Waals surface area contributed by atoms with E-state index in [9.17, 15) is 51.9 Å². The van der Waals surface area contributed by atoms with Crippen LogP contribution in [0.25, 0.3) is 0 Å². The van der Waals surface area contributed by atoms with Crippen LogP contribution in [0.4, 0.5) is 46.0 Å². The zero-order valence-corrected chi connectivity index (χ0v) is 31.6. The van der Waals surface area contributed by atoms with Crippen LogP contribution in [-0.4, -0.2) is 83.3 Å². The predicted octanol–water partition coefficient (Wildman–Crippen LogP) is 3.08. The number of hydrogen-bond acceptors (Lipinski definition) is 22. The van der Waals surface area contributed by atoms with E-state index < -0.39 is 71.4 Å². The van der Waals surface area contributed by atoms with E-state index >= 15 is 0 Å². The van der Waals surface area contributed by atoms with E-state index in [1.54, 1.807) is 0 Å². The van der Waals surface area contributed by atoms with Crippen molar-refractivity contribution < 1.29 is 51.9 Å². The average molecular weight is 867 g/mol. The van der Waals surface area contributed by atoms with E-state index in [1.165, 1.54) is 23.5 Å². The Bertz CT molecular complexity index is 2400. The zero-order chi connectivity index (χ0) is 40.2. The summed E-state index contributed by atoms with van der Waals surface area (Å²) in [7, 11) is -19.3. The summed E-state index contributed by atoms with van der Waals surface area (Å²) in [4.78, 5) is 13.2. The van der Waals surface area contributed by atoms with Crippen LogP contribution in [0.3, 0.4) is 0 Å². The number of unbranched alkanes of at least 4 members (excludes halogenated alkanes) is 1. The number of azo groups is 2. The maximum atomic E-state index is 11.7. The van der Waals surface area contributed by atoms with Gasteiger partial charge < -0.3 is 22.9 Å². The Morgan fingerprint density at radius 3 is 1.09 bits per heavy atom. The Balaban J connectivity index is 1.36. The maximum Gasteiger partial charge on any atom is 0.296 e. The van der Waals surface area contributed by atoms with Gasteiger partial charge in [0, 0.05) is 11.5 Å². The number of nitrogens with zero attached hydrogens (tertiary/aromatic N) is 8. The van der Waals surface area contributed by atoms with Gasteiger partial charge in [0.15, 0.2) is 45.0 Å². The molecule has 4 rings (SSSR count). The fourth-order valence-electron chi connectivity index (χ4n) is 3.92. The summed E-state index contributed by atoms with van der Waals surface area (Å²) in [5, 5.41) is 15.0. The molecule has 0 unspecified atom stereocenters. The first-order valence-electron chi connectivity index (χ1n) is 14.1. The largest absolute Gasteiger partial charge is 0.382 e. The highest BCUT2D eigenvalue weighted by atomic mass is 32.2. The molecule has 2 aromatic carbocycles. The summed E-state index contributed by atoms with van der Waals surface area (Å²) in [6, 6.07) is 4.18. The summed E-state index contributed by atoms with van der Waals surface area (Å²) in [5.41, 5.74) is 21.9. The Labute approximate surface area is 314 Å². The van der Waals surface area contributed by atoms with Crippen LogP contribution < -0.4 is 22.9 Å². The minimum atomic E-state index is -4.88.